The third kappa shape index (κ3) is 3.24. The molecule has 144 valence electrons. The number of ether oxygens (including phenoxy) is 1. The maximum absolute atomic E-state index is 12.6. The van der Waals surface area contributed by atoms with Gasteiger partial charge < -0.3 is 19.2 Å². The summed E-state index contributed by atoms with van der Waals surface area (Å²) in [5.41, 5.74) is 2.87. The molecular formula is C20H19N3O5. The fraction of sp³-hybridized carbons (Fsp3) is 0.250. The predicted octanol–water partition coefficient (Wildman–Crippen LogP) is 2.43. The minimum atomic E-state index is -1.10. The number of aromatic carboxylic acids is 1. The zero-order valence-electron chi connectivity index (χ0n) is 15.3. The van der Waals surface area contributed by atoms with Crippen LogP contribution in [0.25, 0.3) is 0 Å². The molecule has 1 aromatic carbocycles. The monoisotopic (exact) mass is 381 g/mol. The van der Waals surface area contributed by atoms with Crippen molar-refractivity contribution >= 4 is 11.9 Å². The van der Waals surface area contributed by atoms with E-state index in [0.29, 0.717) is 30.6 Å². The second kappa shape index (κ2) is 7.22. The average molecular weight is 381 g/mol. The predicted molar refractivity (Wildman–Crippen MR) is 98.4 cm³/mol. The van der Waals surface area contributed by atoms with Gasteiger partial charge in [0, 0.05) is 24.2 Å². The SMILES string of the molecule is COc1ccc(Cn2nc(C(=O)O)c3c2CCN(C(=O)c2ccoc2)C3)cc1. The number of methoxy groups -OCH3 is 1. The Hall–Kier alpha value is -3.55. The molecule has 4 rings (SSSR count). The Kier molecular flexibility index (Phi) is 4.60. The van der Waals surface area contributed by atoms with E-state index in [1.54, 1.807) is 22.8 Å². The smallest absolute Gasteiger partial charge is 0.356 e. The fourth-order valence-electron chi connectivity index (χ4n) is 3.44. The van der Waals surface area contributed by atoms with Gasteiger partial charge in [-0.05, 0) is 23.8 Å². The van der Waals surface area contributed by atoms with Gasteiger partial charge in [0.15, 0.2) is 5.69 Å². The first-order valence-corrected chi connectivity index (χ1v) is 8.83. The largest absolute Gasteiger partial charge is 0.497 e. The van der Waals surface area contributed by atoms with E-state index in [1.165, 1.54) is 12.5 Å². The number of carboxylic acids is 1. The highest BCUT2D eigenvalue weighted by Crippen LogP contribution is 2.25. The number of carbonyl (C=O) groups excluding carboxylic acids is 1. The molecule has 1 N–H and O–H groups in total. The second-order valence-electron chi connectivity index (χ2n) is 6.57. The molecule has 0 bridgehead atoms. The molecule has 0 atom stereocenters. The topological polar surface area (TPSA) is 97.8 Å². The molecule has 3 heterocycles. The molecule has 0 fully saturated rings. The standard InChI is InChI=1S/C20H19N3O5/c1-27-15-4-2-13(3-5-15)10-23-17-6-8-22(19(24)14-7-9-28-12-14)11-16(17)18(21-23)20(25)26/h2-5,7,9,12H,6,8,10-11H2,1H3,(H,25,26). The van der Waals surface area contributed by atoms with Crippen molar-refractivity contribution < 1.29 is 23.8 Å². The van der Waals surface area contributed by atoms with E-state index in [0.717, 1.165) is 17.0 Å². The van der Waals surface area contributed by atoms with Gasteiger partial charge in [-0.2, -0.15) is 5.10 Å². The van der Waals surface area contributed by atoms with Crippen LogP contribution in [0, 0.1) is 0 Å². The Labute approximate surface area is 160 Å². The summed E-state index contributed by atoms with van der Waals surface area (Å²) in [6.45, 7) is 1.16. The zero-order valence-corrected chi connectivity index (χ0v) is 15.3. The first-order chi connectivity index (χ1) is 13.6. The summed E-state index contributed by atoms with van der Waals surface area (Å²) in [5.74, 6) is -0.521. The lowest BCUT2D eigenvalue weighted by Crippen LogP contribution is -2.36. The van der Waals surface area contributed by atoms with Crippen LogP contribution in [0.1, 0.15) is 37.7 Å². The maximum Gasteiger partial charge on any atom is 0.356 e. The number of rotatable bonds is 5. The molecule has 0 spiro atoms. The number of benzene rings is 1. The lowest BCUT2D eigenvalue weighted by atomic mass is 10.0. The molecule has 2 aromatic heterocycles. The minimum Gasteiger partial charge on any atom is -0.497 e. The van der Waals surface area contributed by atoms with Crippen molar-refractivity contribution in [3.8, 4) is 5.75 Å². The Morgan fingerprint density at radius 1 is 1.25 bits per heavy atom. The van der Waals surface area contributed by atoms with Crippen molar-refractivity contribution in [2.45, 2.75) is 19.5 Å². The van der Waals surface area contributed by atoms with Crippen molar-refractivity contribution in [3.05, 3.63) is 70.9 Å². The number of fused-ring (bicyclic) bond motifs is 1. The summed E-state index contributed by atoms with van der Waals surface area (Å²) >= 11 is 0. The average Bonchev–Trinajstić information content (AvgIpc) is 3.36. The third-order valence-electron chi connectivity index (χ3n) is 4.88. The fourth-order valence-corrected chi connectivity index (χ4v) is 3.44. The number of furan rings is 1. The van der Waals surface area contributed by atoms with Crippen LogP contribution < -0.4 is 4.74 Å². The molecule has 0 radical (unpaired) electrons. The van der Waals surface area contributed by atoms with E-state index in [4.69, 9.17) is 9.15 Å². The molecule has 1 amide bonds. The number of aromatic nitrogens is 2. The Morgan fingerprint density at radius 2 is 2.04 bits per heavy atom. The first kappa shape index (κ1) is 17.8. The molecule has 1 aliphatic rings. The van der Waals surface area contributed by atoms with E-state index >= 15 is 0 Å². The van der Waals surface area contributed by atoms with Crippen molar-refractivity contribution in [1.82, 2.24) is 14.7 Å². The van der Waals surface area contributed by atoms with Gasteiger partial charge in [0.1, 0.15) is 12.0 Å². The summed E-state index contributed by atoms with van der Waals surface area (Å²) in [6.07, 6.45) is 3.37. The van der Waals surface area contributed by atoms with Crippen LogP contribution in [-0.4, -0.2) is 45.3 Å². The lowest BCUT2D eigenvalue weighted by Gasteiger charge is -2.27. The molecule has 28 heavy (non-hydrogen) atoms. The van der Waals surface area contributed by atoms with Crippen molar-refractivity contribution in [1.29, 1.82) is 0 Å². The van der Waals surface area contributed by atoms with Gasteiger partial charge in [-0.25, -0.2) is 4.79 Å². The molecule has 8 nitrogen and oxygen atoms in total. The molecule has 0 aliphatic carbocycles. The highest BCUT2D eigenvalue weighted by atomic mass is 16.5. The molecule has 3 aromatic rings. The van der Waals surface area contributed by atoms with Crippen molar-refractivity contribution in [3.63, 3.8) is 0 Å². The molecule has 8 heteroatoms. The van der Waals surface area contributed by atoms with Crippen molar-refractivity contribution in [2.75, 3.05) is 13.7 Å². The van der Waals surface area contributed by atoms with E-state index in [9.17, 15) is 14.7 Å². The first-order valence-electron chi connectivity index (χ1n) is 8.83. The van der Waals surface area contributed by atoms with Gasteiger partial charge in [0.2, 0.25) is 0 Å². The Balaban J connectivity index is 1.62. The van der Waals surface area contributed by atoms with Crippen LogP contribution in [0.3, 0.4) is 0 Å². The van der Waals surface area contributed by atoms with Gasteiger partial charge in [-0.15, -0.1) is 0 Å². The highest BCUT2D eigenvalue weighted by molar-refractivity contribution is 5.94. The van der Waals surface area contributed by atoms with Crippen LogP contribution in [-0.2, 0) is 19.5 Å². The van der Waals surface area contributed by atoms with Gasteiger partial charge in [0.05, 0.1) is 32.0 Å². The summed E-state index contributed by atoms with van der Waals surface area (Å²) in [4.78, 5) is 25.9. The molecule has 0 saturated carbocycles. The number of hydrogen-bond acceptors (Lipinski definition) is 5. The van der Waals surface area contributed by atoms with E-state index in [2.05, 4.69) is 5.10 Å². The zero-order chi connectivity index (χ0) is 19.7. The third-order valence-corrected chi connectivity index (χ3v) is 4.88. The number of carboxylic acid groups (broad SMARTS) is 1. The molecule has 0 unspecified atom stereocenters. The summed E-state index contributed by atoms with van der Waals surface area (Å²) in [5, 5.41) is 13.9. The molecule has 1 aliphatic heterocycles. The normalized spacial score (nSPS) is 13.2. The highest BCUT2D eigenvalue weighted by Gasteiger charge is 2.30. The second-order valence-corrected chi connectivity index (χ2v) is 6.57. The Bertz CT molecular complexity index is 1010. The maximum atomic E-state index is 12.6. The summed E-state index contributed by atoms with van der Waals surface area (Å²) < 4.78 is 11.9. The van der Waals surface area contributed by atoms with Crippen LogP contribution in [0.15, 0.2) is 47.3 Å². The lowest BCUT2D eigenvalue weighted by molar-refractivity contribution is 0.0674. The van der Waals surface area contributed by atoms with E-state index in [1.807, 2.05) is 24.3 Å². The molecular weight excluding hydrogens is 362 g/mol. The van der Waals surface area contributed by atoms with Gasteiger partial charge >= 0.3 is 5.97 Å². The van der Waals surface area contributed by atoms with Gasteiger partial charge in [-0.1, -0.05) is 12.1 Å². The molecule has 0 saturated heterocycles. The number of hydrogen-bond donors (Lipinski definition) is 1. The number of nitrogens with zero attached hydrogens (tertiary/aromatic N) is 3. The number of amides is 1. The summed E-state index contributed by atoms with van der Waals surface area (Å²) in [7, 11) is 1.61. The summed E-state index contributed by atoms with van der Waals surface area (Å²) in [6, 6.07) is 9.16. The Morgan fingerprint density at radius 3 is 2.68 bits per heavy atom. The van der Waals surface area contributed by atoms with Crippen molar-refractivity contribution in [2.24, 2.45) is 0 Å². The van der Waals surface area contributed by atoms with Gasteiger partial charge in [0.25, 0.3) is 5.91 Å². The van der Waals surface area contributed by atoms with E-state index in [-0.39, 0.29) is 18.1 Å². The van der Waals surface area contributed by atoms with Gasteiger partial charge in [-0.3, -0.25) is 9.48 Å². The number of carbonyl (C=O) groups is 2. The van der Waals surface area contributed by atoms with Crippen LogP contribution >= 0.6 is 0 Å². The van der Waals surface area contributed by atoms with E-state index < -0.39 is 5.97 Å². The van der Waals surface area contributed by atoms with Crippen LogP contribution in [0.5, 0.6) is 5.75 Å². The van der Waals surface area contributed by atoms with Crippen LogP contribution in [0.4, 0.5) is 0 Å². The van der Waals surface area contributed by atoms with Crippen LogP contribution in [0.2, 0.25) is 0 Å². The quantitative estimate of drug-likeness (QED) is 0.729. The minimum absolute atomic E-state index is 0.00629.